The number of benzene rings is 2. The Balaban J connectivity index is 1.80. The average molecular weight is 315 g/mol. The molecule has 2 nitrogen and oxygen atoms in total. The summed E-state index contributed by atoms with van der Waals surface area (Å²) in [5, 5.41) is 2.67. The van der Waals surface area contributed by atoms with E-state index in [1.165, 1.54) is 64.9 Å². The van der Waals surface area contributed by atoms with Crippen molar-refractivity contribution >= 4 is 32.8 Å². The van der Waals surface area contributed by atoms with Crippen LogP contribution < -0.4 is 4.57 Å². The summed E-state index contributed by atoms with van der Waals surface area (Å²) >= 11 is 0. The summed E-state index contributed by atoms with van der Waals surface area (Å²) in [5.74, 6) is 0.811. The van der Waals surface area contributed by atoms with E-state index in [1.807, 2.05) is 0 Å². The second-order valence-corrected chi connectivity index (χ2v) is 7.25. The quantitative estimate of drug-likeness (QED) is 0.482. The number of aromatic amines is 1. The Labute approximate surface area is 142 Å². The summed E-state index contributed by atoms with van der Waals surface area (Å²) in [7, 11) is 0. The summed E-state index contributed by atoms with van der Waals surface area (Å²) in [6.45, 7) is 1.14. The molecule has 1 aliphatic rings. The molecule has 1 saturated carbocycles. The number of fused-ring (bicyclic) bond motifs is 4. The van der Waals surface area contributed by atoms with Gasteiger partial charge in [0.1, 0.15) is 5.52 Å². The minimum absolute atomic E-state index is 0.811. The second-order valence-electron chi connectivity index (χ2n) is 7.25. The lowest BCUT2D eigenvalue weighted by Crippen LogP contribution is -2.39. The van der Waals surface area contributed by atoms with Crippen molar-refractivity contribution in [2.45, 2.75) is 38.6 Å². The van der Waals surface area contributed by atoms with Crippen LogP contribution in [0.2, 0.25) is 0 Å². The number of hydrogen-bond acceptors (Lipinski definition) is 0. The number of hydrogen-bond donors (Lipinski definition) is 1. The predicted octanol–water partition coefficient (Wildman–Crippen LogP) is 5.34. The molecule has 4 aromatic rings. The number of nitrogens with zero attached hydrogens (tertiary/aromatic N) is 1. The van der Waals surface area contributed by atoms with Gasteiger partial charge in [-0.2, -0.15) is 4.57 Å². The van der Waals surface area contributed by atoms with Crippen LogP contribution in [0.25, 0.3) is 32.8 Å². The number of nitrogens with one attached hydrogen (secondary N) is 1. The highest BCUT2D eigenvalue weighted by Gasteiger charge is 2.24. The highest BCUT2D eigenvalue weighted by Crippen LogP contribution is 2.28. The third-order valence-corrected chi connectivity index (χ3v) is 5.67. The van der Waals surface area contributed by atoms with Crippen LogP contribution in [0.1, 0.15) is 32.1 Å². The molecule has 0 saturated heterocycles. The minimum Gasteiger partial charge on any atom is -0.349 e. The molecule has 2 aromatic heterocycles. The number of rotatable bonds is 2. The van der Waals surface area contributed by atoms with Crippen molar-refractivity contribution in [3.63, 3.8) is 0 Å². The van der Waals surface area contributed by atoms with Gasteiger partial charge in [-0.25, -0.2) is 0 Å². The van der Waals surface area contributed by atoms with Crippen LogP contribution in [0, 0.1) is 5.92 Å². The maximum atomic E-state index is 3.63. The highest BCUT2D eigenvalue weighted by molar-refractivity contribution is 6.05. The first-order chi connectivity index (χ1) is 11.9. The first kappa shape index (κ1) is 14.0. The molecule has 2 aromatic carbocycles. The highest BCUT2D eigenvalue weighted by atomic mass is 15.0. The van der Waals surface area contributed by atoms with Crippen molar-refractivity contribution in [1.29, 1.82) is 0 Å². The third kappa shape index (κ3) is 2.21. The maximum Gasteiger partial charge on any atom is 0.238 e. The van der Waals surface area contributed by atoms with Gasteiger partial charge in [0.2, 0.25) is 11.0 Å². The van der Waals surface area contributed by atoms with E-state index in [0.717, 1.165) is 12.5 Å². The van der Waals surface area contributed by atoms with Crippen molar-refractivity contribution in [3.05, 3.63) is 54.6 Å². The summed E-state index contributed by atoms with van der Waals surface area (Å²) in [6, 6.07) is 19.8. The molecule has 0 atom stereocenters. The van der Waals surface area contributed by atoms with E-state index in [-0.39, 0.29) is 0 Å². The van der Waals surface area contributed by atoms with Crippen molar-refractivity contribution in [1.82, 2.24) is 4.98 Å². The molecule has 0 spiro atoms. The Morgan fingerprint density at radius 1 is 0.875 bits per heavy atom. The van der Waals surface area contributed by atoms with E-state index in [4.69, 9.17) is 0 Å². The van der Waals surface area contributed by atoms with E-state index < -0.39 is 0 Å². The van der Waals surface area contributed by atoms with Crippen LogP contribution >= 0.6 is 0 Å². The molecule has 0 unspecified atom stereocenters. The van der Waals surface area contributed by atoms with Crippen LogP contribution in [0.15, 0.2) is 54.6 Å². The lowest BCUT2D eigenvalue weighted by Gasteiger charge is -2.19. The maximum absolute atomic E-state index is 3.63. The first-order valence-corrected chi connectivity index (χ1v) is 9.22. The van der Waals surface area contributed by atoms with E-state index in [9.17, 15) is 0 Å². The normalized spacial score (nSPS) is 16.3. The molecular formula is C22H23N2+. The zero-order valence-electron chi connectivity index (χ0n) is 14.0. The van der Waals surface area contributed by atoms with E-state index in [2.05, 4.69) is 64.1 Å². The zero-order chi connectivity index (χ0) is 15.9. The number of H-pyrrole nitrogens is 1. The van der Waals surface area contributed by atoms with Gasteiger partial charge in [-0.3, -0.25) is 0 Å². The molecule has 1 fully saturated rings. The van der Waals surface area contributed by atoms with Gasteiger partial charge in [0, 0.05) is 17.4 Å². The molecular weight excluding hydrogens is 292 g/mol. The van der Waals surface area contributed by atoms with Gasteiger partial charge >= 0.3 is 0 Å². The number of para-hydroxylation sites is 2. The van der Waals surface area contributed by atoms with Crippen molar-refractivity contribution < 1.29 is 4.57 Å². The van der Waals surface area contributed by atoms with Crippen LogP contribution in [0.4, 0.5) is 0 Å². The van der Waals surface area contributed by atoms with Gasteiger partial charge in [0.15, 0.2) is 6.54 Å². The summed E-state index contributed by atoms with van der Waals surface area (Å²) < 4.78 is 2.58. The molecule has 2 heteroatoms. The predicted molar refractivity (Wildman–Crippen MR) is 100 cm³/mol. The molecule has 0 amide bonds. The molecule has 1 N–H and O–H groups in total. The number of aromatic nitrogens is 2. The Kier molecular flexibility index (Phi) is 3.29. The Morgan fingerprint density at radius 3 is 2.58 bits per heavy atom. The van der Waals surface area contributed by atoms with Crippen molar-refractivity contribution in [2.24, 2.45) is 5.92 Å². The van der Waals surface area contributed by atoms with Crippen LogP contribution in [0.5, 0.6) is 0 Å². The standard InChI is InChI=1S/C22H22N2/c1-2-8-16(9-3-1)15-24-21-13-7-4-10-17(21)14-20-22(24)18-11-5-6-12-19(18)23-20/h4-7,10-14,16H,1-3,8-9,15H2/p+1. The molecule has 2 heterocycles. The van der Waals surface area contributed by atoms with Crippen molar-refractivity contribution in [3.8, 4) is 0 Å². The fourth-order valence-electron chi connectivity index (χ4n) is 4.49. The molecule has 0 aliphatic heterocycles. The number of pyridine rings is 1. The van der Waals surface area contributed by atoms with Gasteiger partial charge in [0.05, 0.1) is 10.9 Å². The monoisotopic (exact) mass is 315 g/mol. The van der Waals surface area contributed by atoms with Crippen LogP contribution in [-0.4, -0.2) is 4.98 Å². The van der Waals surface area contributed by atoms with Gasteiger partial charge < -0.3 is 4.98 Å². The molecule has 0 radical (unpaired) electrons. The fourth-order valence-corrected chi connectivity index (χ4v) is 4.49. The molecule has 5 rings (SSSR count). The van der Waals surface area contributed by atoms with Gasteiger partial charge in [-0.1, -0.05) is 43.5 Å². The van der Waals surface area contributed by atoms with Crippen molar-refractivity contribution in [2.75, 3.05) is 0 Å². The Bertz CT molecular complexity index is 1020. The summed E-state index contributed by atoms with van der Waals surface area (Å²) in [6.07, 6.45) is 6.96. The Hall–Kier alpha value is -2.35. The fraction of sp³-hybridized carbons (Fsp3) is 0.318. The van der Waals surface area contributed by atoms with E-state index in [0.29, 0.717) is 0 Å². The minimum atomic E-state index is 0.811. The average Bonchev–Trinajstić information content (AvgIpc) is 3.00. The topological polar surface area (TPSA) is 19.7 Å². The van der Waals surface area contributed by atoms with Crippen LogP contribution in [0.3, 0.4) is 0 Å². The second kappa shape index (κ2) is 5.62. The van der Waals surface area contributed by atoms with Gasteiger partial charge in [-0.05, 0) is 37.1 Å². The smallest absolute Gasteiger partial charge is 0.238 e. The zero-order valence-corrected chi connectivity index (χ0v) is 14.0. The molecule has 24 heavy (non-hydrogen) atoms. The largest absolute Gasteiger partial charge is 0.349 e. The SMILES string of the molecule is c1ccc2c(c1)cc1[nH]c3ccccc3c1[n+]2CC1CCCCC1. The molecule has 1 aliphatic carbocycles. The Morgan fingerprint density at radius 2 is 1.67 bits per heavy atom. The van der Waals surface area contributed by atoms with Gasteiger partial charge in [0.25, 0.3) is 0 Å². The molecule has 0 bridgehead atoms. The van der Waals surface area contributed by atoms with Crippen LogP contribution in [-0.2, 0) is 6.54 Å². The van der Waals surface area contributed by atoms with E-state index >= 15 is 0 Å². The summed E-state index contributed by atoms with van der Waals surface area (Å²) in [4.78, 5) is 3.63. The first-order valence-electron chi connectivity index (χ1n) is 9.22. The van der Waals surface area contributed by atoms with E-state index in [1.54, 1.807) is 0 Å². The molecule has 120 valence electrons. The van der Waals surface area contributed by atoms with Gasteiger partial charge in [-0.15, -0.1) is 0 Å². The third-order valence-electron chi connectivity index (χ3n) is 5.67. The lowest BCUT2D eigenvalue weighted by molar-refractivity contribution is -0.652. The summed E-state index contributed by atoms with van der Waals surface area (Å²) in [5.41, 5.74) is 5.22. The lowest BCUT2D eigenvalue weighted by atomic mass is 9.89.